The molecule has 4 heteroatoms. The number of aryl methyl sites for hydroxylation is 1. The summed E-state index contributed by atoms with van der Waals surface area (Å²) in [5, 5.41) is 3.92. The molecule has 0 spiro atoms. The number of rotatable bonds is 2. The Labute approximate surface area is 59.4 Å². The van der Waals surface area contributed by atoms with Crippen LogP contribution in [-0.2, 0) is 7.05 Å². The Bertz CT molecular complexity index is 220. The van der Waals surface area contributed by atoms with E-state index in [1.165, 1.54) is 0 Å². The van der Waals surface area contributed by atoms with E-state index in [1.54, 1.807) is 32.1 Å². The van der Waals surface area contributed by atoms with Crippen LogP contribution in [0.1, 0.15) is 0 Å². The van der Waals surface area contributed by atoms with Gasteiger partial charge in [-0.2, -0.15) is 5.10 Å². The van der Waals surface area contributed by atoms with Gasteiger partial charge < -0.3 is 9.47 Å². The normalized spacial score (nSPS) is 9.50. The molecular weight excluding hydrogens is 132 g/mol. The first kappa shape index (κ1) is 6.92. The molecule has 0 aliphatic rings. The summed E-state index contributed by atoms with van der Waals surface area (Å²) in [7, 11) is 4.96. The molecule has 0 saturated carbocycles. The number of nitrogens with zero attached hydrogens (tertiary/aromatic N) is 2. The van der Waals surface area contributed by atoms with Crippen molar-refractivity contribution in [3.63, 3.8) is 0 Å². The van der Waals surface area contributed by atoms with E-state index in [2.05, 4.69) is 5.10 Å². The first-order valence-electron chi connectivity index (χ1n) is 2.89. The Morgan fingerprint density at radius 2 is 2.10 bits per heavy atom. The number of methoxy groups -OCH3 is 2. The van der Waals surface area contributed by atoms with Gasteiger partial charge in [-0.25, -0.2) is 4.68 Å². The average Bonchev–Trinajstić information content (AvgIpc) is 2.30. The van der Waals surface area contributed by atoms with Crippen LogP contribution in [0.5, 0.6) is 11.6 Å². The molecule has 0 N–H and O–H groups in total. The molecule has 4 nitrogen and oxygen atoms in total. The Morgan fingerprint density at radius 1 is 1.40 bits per heavy atom. The van der Waals surface area contributed by atoms with Gasteiger partial charge in [-0.15, -0.1) is 0 Å². The lowest BCUT2D eigenvalue weighted by Gasteiger charge is -2.00. The van der Waals surface area contributed by atoms with Crippen molar-refractivity contribution >= 4 is 0 Å². The van der Waals surface area contributed by atoms with Gasteiger partial charge in [0, 0.05) is 7.05 Å². The highest BCUT2D eigenvalue weighted by molar-refractivity contribution is 5.30. The molecule has 0 saturated heterocycles. The molecule has 0 aliphatic carbocycles. The van der Waals surface area contributed by atoms with Crippen LogP contribution in [0.25, 0.3) is 0 Å². The van der Waals surface area contributed by atoms with Crippen LogP contribution in [0.15, 0.2) is 6.20 Å². The summed E-state index contributed by atoms with van der Waals surface area (Å²) >= 11 is 0. The summed E-state index contributed by atoms with van der Waals surface area (Å²) in [5.41, 5.74) is 0. The highest BCUT2D eigenvalue weighted by Gasteiger charge is 2.06. The molecule has 0 aliphatic heterocycles. The predicted octanol–water partition coefficient (Wildman–Crippen LogP) is 0.437. The molecule has 0 aromatic carbocycles. The molecule has 0 fully saturated rings. The molecule has 1 heterocycles. The van der Waals surface area contributed by atoms with Crippen molar-refractivity contribution in [3.05, 3.63) is 6.20 Å². The Morgan fingerprint density at radius 3 is 2.50 bits per heavy atom. The maximum atomic E-state index is 4.98. The molecule has 56 valence electrons. The quantitative estimate of drug-likeness (QED) is 0.601. The van der Waals surface area contributed by atoms with E-state index >= 15 is 0 Å². The third-order valence-corrected chi connectivity index (χ3v) is 1.27. The van der Waals surface area contributed by atoms with E-state index in [0.717, 1.165) is 0 Å². The van der Waals surface area contributed by atoms with Crippen molar-refractivity contribution in [3.8, 4) is 11.6 Å². The molecule has 1 aromatic heterocycles. The fourth-order valence-corrected chi connectivity index (χ4v) is 0.779. The number of hydrogen-bond acceptors (Lipinski definition) is 3. The monoisotopic (exact) mass is 142 g/mol. The van der Waals surface area contributed by atoms with Crippen LogP contribution in [0, 0.1) is 0 Å². The molecule has 1 aromatic rings. The molecule has 0 amide bonds. The minimum atomic E-state index is 0.641. The smallest absolute Gasteiger partial charge is 0.255 e. The maximum Gasteiger partial charge on any atom is 0.255 e. The second-order valence-electron chi connectivity index (χ2n) is 1.85. The van der Waals surface area contributed by atoms with Gasteiger partial charge in [0.05, 0.1) is 20.4 Å². The summed E-state index contributed by atoms with van der Waals surface area (Å²) in [4.78, 5) is 0. The largest absolute Gasteiger partial charge is 0.490 e. The number of aromatic nitrogens is 2. The lowest BCUT2D eigenvalue weighted by Crippen LogP contribution is -1.95. The van der Waals surface area contributed by atoms with Crippen LogP contribution in [0.2, 0.25) is 0 Å². The third-order valence-electron chi connectivity index (χ3n) is 1.27. The van der Waals surface area contributed by atoms with Crippen molar-refractivity contribution in [2.45, 2.75) is 0 Å². The standard InChI is InChI=1S/C6H10N2O2/c1-8-6(10-3)5(9-2)4-7-8/h4H,1-3H3. The van der Waals surface area contributed by atoms with Gasteiger partial charge >= 0.3 is 0 Å². The summed E-state index contributed by atoms with van der Waals surface area (Å²) in [5.74, 6) is 1.30. The van der Waals surface area contributed by atoms with Gasteiger partial charge in [0.2, 0.25) is 5.75 Å². The predicted molar refractivity (Wildman–Crippen MR) is 36.3 cm³/mol. The number of ether oxygens (including phenoxy) is 2. The van der Waals surface area contributed by atoms with Gasteiger partial charge in [0.15, 0.2) is 0 Å². The zero-order valence-corrected chi connectivity index (χ0v) is 6.29. The summed E-state index contributed by atoms with van der Waals surface area (Å²) in [6.07, 6.45) is 1.61. The molecule has 1 rings (SSSR count). The lowest BCUT2D eigenvalue weighted by molar-refractivity contribution is 0.334. The first-order chi connectivity index (χ1) is 4.79. The minimum absolute atomic E-state index is 0.641. The van der Waals surface area contributed by atoms with Crippen molar-refractivity contribution in [2.75, 3.05) is 14.2 Å². The van der Waals surface area contributed by atoms with E-state index in [-0.39, 0.29) is 0 Å². The van der Waals surface area contributed by atoms with Crippen molar-refractivity contribution in [1.82, 2.24) is 9.78 Å². The summed E-state index contributed by atoms with van der Waals surface area (Å²) < 4.78 is 11.5. The van der Waals surface area contributed by atoms with E-state index in [4.69, 9.17) is 9.47 Å². The van der Waals surface area contributed by atoms with Crippen LogP contribution < -0.4 is 9.47 Å². The Hall–Kier alpha value is -1.19. The van der Waals surface area contributed by atoms with Gasteiger partial charge in [-0.1, -0.05) is 0 Å². The van der Waals surface area contributed by atoms with Crippen LogP contribution in [0.4, 0.5) is 0 Å². The van der Waals surface area contributed by atoms with Crippen LogP contribution >= 0.6 is 0 Å². The molecule has 0 atom stereocenters. The highest BCUT2D eigenvalue weighted by atomic mass is 16.5. The minimum Gasteiger partial charge on any atom is -0.490 e. The Kier molecular flexibility index (Phi) is 1.80. The van der Waals surface area contributed by atoms with Crippen LogP contribution in [0.3, 0.4) is 0 Å². The molecule has 0 radical (unpaired) electrons. The average molecular weight is 142 g/mol. The second-order valence-corrected chi connectivity index (χ2v) is 1.85. The molecule has 0 bridgehead atoms. The van der Waals surface area contributed by atoms with Crippen molar-refractivity contribution < 1.29 is 9.47 Å². The first-order valence-corrected chi connectivity index (χ1v) is 2.89. The zero-order chi connectivity index (χ0) is 7.56. The number of hydrogen-bond donors (Lipinski definition) is 0. The van der Waals surface area contributed by atoms with Gasteiger partial charge in [-0.3, -0.25) is 0 Å². The van der Waals surface area contributed by atoms with E-state index in [0.29, 0.717) is 11.6 Å². The maximum absolute atomic E-state index is 4.98. The SMILES string of the molecule is COc1cnn(C)c1OC. The summed E-state index contributed by atoms with van der Waals surface area (Å²) in [6, 6.07) is 0. The third kappa shape index (κ3) is 0.920. The zero-order valence-electron chi connectivity index (χ0n) is 6.29. The van der Waals surface area contributed by atoms with Crippen molar-refractivity contribution in [2.24, 2.45) is 7.05 Å². The topological polar surface area (TPSA) is 36.3 Å². The molecule has 10 heavy (non-hydrogen) atoms. The summed E-state index contributed by atoms with van der Waals surface area (Å²) in [6.45, 7) is 0. The highest BCUT2D eigenvalue weighted by Crippen LogP contribution is 2.23. The van der Waals surface area contributed by atoms with Gasteiger partial charge in [0.25, 0.3) is 5.88 Å². The van der Waals surface area contributed by atoms with Gasteiger partial charge in [-0.05, 0) is 0 Å². The lowest BCUT2D eigenvalue weighted by atomic mass is 10.6. The fraction of sp³-hybridized carbons (Fsp3) is 0.500. The van der Waals surface area contributed by atoms with E-state index < -0.39 is 0 Å². The van der Waals surface area contributed by atoms with E-state index in [1.807, 2.05) is 0 Å². The molecular formula is C6H10N2O2. The van der Waals surface area contributed by atoms with Crippen LogP contribution in [-0.4, -0.2) is 24.0 Å². The fourth-order valence-electron chi connectivity index (χ4n) is 0.779. The van der Waals surface area contributed by atoms with Gasteiger partial charge in [0.1, 0.15) is 0 Å². The second kappa shape index (κ2) is 2.60. The molecule has 0 unspecified atom stereocenters. The van der Waals surface area contributed by atoms with Crippen molar-refractivity contribution in [1.29, 1.82) is 0 Å². The Balaban J connectivity index is 3.01. The van der Waals surface area contributed by atoms with E-state index in [9.17, 15) is 0 Å².